The van der Waals surface area contributed by atoms with E-state index in [1.165, 1.54) is 12.1 Å². The van der Waals surface area contributed by atoms with Crippen LogP contribution in [0.3, 0.4) is 0 Å². The molecule has 0 bridgehead atoms. The number of nitrogens with zero attached hydrogens (tertiary/aromatic N) is 1. The first kappa shape index (κ1) is 20.5. The molecule has 0 saturated carbocycles. The van der Waals surface area contributed by atoms with Crippen molar-refractivity contribution < 1.29 is 35.8 Å². The number of fused-ring (bicyclic) bond motifs is 1. The van der Waals surface area contributed by atoms with Crippen LogP contribution in [0.1, 0.15) is 0 Å². The van der Waals surface area contributed by atoms with Crippen LogP contribution in [0.2, 0.25) is 0 Å². The molecule has 2 amide bonds. The lowest BCUT2D eigenvalue weighted by molar-refractivity contribution is 0.256. The van der Waals surface area contributed by atoms with E-state index in [1.807, 2.05) is 0 Å². The highest BCUT2D eigenvalue weighted by molar-refractivity contribution is 7.86. The van der Waals surface area contributed by atoms with Crippen molar-refractivity contribution in [1.82, 2.24) is 0 Å². The van der Waals surface area contributed by atoms with Crippen LogP contribution in [0.5, 0.6) is 5.75 Å². The third kappa shape index (κ3) is 3.86. The summed E-state index contributed by atoms with van der Waals surface area (Å²) in [6.07, 6.45) is 0. The SMILES string of the molecule is NC(=O)N(c1ccccc1)c1ccc(S(=O)(=O)O)c2cc(S(=O)(=O)O)cc(O)c12. The van der Waals surface area contributed by atoms with E-state index in [0.717, 1.165) is 23.1 Å². The van der Waals surface area contributed by atoms with Crippen molar-refractivity contribution in [3.63, 3.8) is 0 Å². The van der Waals surface area contributed by atoms with Gasteiger partial charge in [-0.2, -0.15) is 16.8 Å². The minimum absolute atomic E-state index is 0.0783. The van der Waals surface area contributed by atoms with Gasteiger partial charge < -0.3 is 10.8 Å². The molecule has 0 aliphatic heterocycles. The van der Waals surface area contributed by atoms with E-state index < -0.39 is 47.2 Å². The quantitative estimate of drug-likeness (QED) is 0.448. The van der Waals surface area contributed by atoms with Crippen molar-refractivity contribution in [2.45, 2.75) is 9.79 Å². The lowest BCUT2D eigenvalue weighted by Gasteiger charge is -2.23. The molecule has 0 aromatic heterocycles. The summed E-state index contributed by atoms with van der Waals surface area (Å²) in [6.45, 7) is 0. The molecule has 0 spiro atoms. The maximum Gasteiger partial charge on any atom is 0.323 e. The fourth-order valence-electron chi connectivity index (χ4n) is 2.91. The second-order valence-electron chi connectivity index (χ2n) is 5.91. The molecule has 3 rings (SSSR count). The Morgan fingerprint density at radius 2 is 1.52 bits per heavy atom. The van der Waals surface area contributed by atoms with Crippen LogP contribution in [0.25, 0.3) is 10.8 Å². The number of urea groups is 1. The zero-order valence-electron chi connectivity index (χ0n) is 14.4. The summed E-state index contributed by atoms with van der Waals surface area (Å²) in [5.74, 6) is -0.766. The first-order valence-corrected chi connectivity index (χ1v) is 10.7. The first-order valence-electron chi connectivity index (χ1n) is 7.80. The van der Waals surface area contributed by atoms with E-state index >= 15 is 0 Å². The maximum absolute atomic E-state index is 12.1. The lowest BCUT2D eigenvalue weighted by Crippen LogP contribution is -2.31. The number of carbonyl (C=O) groups excluding carboxylic acids is 1. The summed E-state index contributed by atoms with van der Waals surface area (Å²) in [5.41, 5.74) is 5.67. The van der Waals surface area contributed by atoms with Gasteiger partial charge in [-0.15, -0.1) is 0 Å². The molecule has 0 fully saturated rings. The Bertz CT molecular complexity index is 1340. The van der Waals surface area contributed by atoms with E-state index in [4.69, 9.17) is 5.73 Å². The number of phenols is 1. The number of hydrogen-bond acceptors (Lipinski definition) is 6. The highest BCUT2D eigenvalue weighted by Gasteiger charge is 2.26. The van der Waals surface area contributed by atoms with Crippen molar-refractivity contribution in [2.24, 2.45) is 5.73 Å². The number of rotatable bonds is 4. The second-order valence-corrected chi connectivity index (χ2v) is 8.72. The van der Waals surface area contributed by atoms with Gasteiger partial charge in [0, 0.05) is 16.8 Å². The number of nitrogens with two attached hydrogens (primary N) is 1. The third-order valence-electron chi connectivity index (χ3n) is 4.06. The van der Waals surface area contributed by atoms with Crippen molar-refractivity contribution in [1.29, 1.82) is 0 Å². The van der Waals surface area contributed by atoms with Gasteiger partial charge in [0.15, 0.2) is 0 Å². The zero-order chi connectivity index (χ0) is 21.6. The van der Waals surface area contributed by atoms with E-state index in [1.54, 1.807) is 18.2 Å². The fourth-order valence-corrected chi connectivity index (χ4v) is 4.12. The minimum Gasteiger partial charge on any atom is -0.507 e. The van der Waals surface area contributed by atoms with E-state index in [0.29, 0.717) is 6.07 Å². The number of hydrogen-bond donors (Lipinski definition) is 4. The van der Waals surface area contributed by atoms with Crippen molar-refractivity contribution >= 4 is 48.4 Å². The Morgan fingerprint density at radius 3 is 2.03 bits per heavy atom. The second kappa shape index (κ2) is 7.00. The monoisotopic (exact) mass is 438 g/mol. The molecular weight excluding hydrogens is 424 g/mol. The molecule has 12 heteroatoms. The van der Waals surface area contributed by atoms with Gasteiger partial charge in [-0.1, -0.05) is 18.2 Å². The van der Waals surface area contributed by atoms with E-state index in [-0.39, 0.29) is 16.8 Å². The topological polar surface area (TPSA) is 175 Å². The molecule has 3 aromatic rings. The average Bonchev–Trinajstić information content (AvgIpc) is 2.60. The maximum atomic E-state index is 12.1. The zero-order valence-corrected chi connectivity index (χ0v) is 16.1. The normalized spacial score (nSPS) is 12.1. The highest BCUT2D eigenvalue weighted by atomic mass is 32.2. The molecule has 0 radical (unpaired) electrons. The molecule has 10 nitrogen and oxygen atoms in total. The number of benzene rings is 3. The number of anilines is 2. The predicted molar refractivity (Wildman–Crippen MR) is 103 cm³/mol. The molecule has 0 saturated heterocycles. The van der Waals surface area contributed by atoms with Gasteiger partial charge in [0.1, 0.15) is 10.6 Å². The van der Waals surface area contributed by atoms with Crippen LogP contribution in [-0.4, -0.2) is 37.1 Å². The average molecular weight is 438 g/mol. The van der Waals surface area contributed by atoms with Gasteiger partial charge in [0.05, 0.1) is 16.3 Å². The molecule has 3 aromatic carbocycles. The van der Waals surface area contributed by atoms with Crippen molar-refractivity contribution in [2.75, 3.05) is 4.90 Å². The Labute approximate surface area is 165 Å². The van der Waals surface area contributed by atoms with Crippen LogP contribution in [0.4, 0.5) is 16.2 Å². The number of carbonyl (C=O) groups is 1. The standard InChI is InChI=1S/C17H14N2O8S2/c18-17(21)19(10-4-2-1-3-5-10)13-6-7-15(29(25,26)27)12-8-11(28(22,23)24)9-14(20)16(12)13/h1-9,20H,(H2,18,21)(H,22,23,24)(H,25,26,27). The number of para-hydroxylation sites is 1. The molecular formula is C17H14N2O8S2. The minimum atomic E-state index is -4.86. The Hall–Kier alpha value is -3.19. The molecule has 152 valence electrons. The molecule has 29 heavy (non-hydrogen) atoms. The van der Waals surface area contributed by atoms with E-state index in [9.17, 15) is 35.8 Å². The van der Waals surface area contributed by atoms with Gasteiger partial charge in [-0.3, -0.25) is 14.0 Å². The predicted octanol–water partition coefficient (Wildman–Crippen LogP) is 2.26. The fraction of sp³-hybridized carbons (Fsp3) is 0. The smallest absolute Gasteiger partial charge is 0.323 e. The highest BCUT2D eigenvalue weighted by Crippen LogP contribution is 2.41. The summed E-state index contributed by atoms with van der Waals surface area (Å²) in [5, 5.41) is 9.71. The molecule has 5 N–H and O–H groups in total. The Morgan fingerprint density at radius 1 is 0.897 bits per heavy atom. The van der Waals surface area contributed by atoms with Crippen LogP contribution >= 0.6 is 0 Å². The van der Waals surface area contributed by atoms with Crippen LogP contribution in [0.15, 0.2) is 64.4 Å². The molecule has 0 heterocycles. The summed E-state index contributed by atoms with van der Waals surface area (Å²) in [6, 6.07) is 10.4. The number of amides is 2. The third-order valence-corrected chi connectivity index (χ3v) is 5.80. The van der Waals surface area contributed by atoms with E-state index in [2.05, 4.69) is 0 Å². The van der Waals surface area contributed by atoms with Gasteiger partial charge in [-0.25, -0.2) is 4.79 Å². The number of primary amides is 1. The van der Waals surface area contributed by atoms with Crippen LogP contribution < -0.4 is 10.6 Å². The first-order chi connectivity index (χ1) is 13.4. The van der Waals surface area contributed by atoms with Gasteiger partial charge in [0.2, 0.25) is 0 Å². The summed E-state index contributed by atoms with van der Waals surface area (Å²) < 4.78 is 65.3. The van der Waals surface area contributed by atoms with Crippen molar-refractivity contribution in [3.05, 3.63) is 54.6 Å². The molecule has 0 aliphatic rings. The largest absolute Gasteiger partial charge is 0.507 e. The lowest BCUT2D eigenvalue weighted by atomic mass is 10.1. The van der Waals surface area contributed by atoms with Gasteiger partial charge >= 0.3 is 6.03 Å². The summed E-state index contributed by atoms with van der Waals surface area (Å²) in [4.78, 5) is 11.5. The van der Waals surface area contributed by atoms with Gasteiger partial charge in [-0.05, 0) is 30.3 Å². The number of phenolic OH excluding ortho intramolecular Hbond substituents is 1. The Balaban J connectivity index is 2.49. The summed E-state index contributed by atoms with van der Waals surface area (Å²) >= 11 is 0. The molecule has 0 atom stereocenters. The van der Waals surface area contributed by atoms with Crippen LogP contribution in [-0.2, 0) is 20.2 Å². The van der Waals surface area contributed by atoms with Gasteiger partial charge in [0.25, 0.3) is 20.2 Å². The Kier molecular flexibility index (Phi) is 4.96. The number of aromatic hydroxyl groups is 1. The van der Waals surface area contributed by atoms with Crippen molar-refractivity contribution in [3.8, 4) is 5.75 Å². The molecule has 0 aliphatic carbocycles. The van der Waals surface area contributed by atoms with Crippen LogP contribution in [0, 0.1) is 0 Å². The molecule has 0 unspecified atom stereocenters. The summed E-state index contributed by atoms with van der Waals surface area (Å²) in [7, 11) is -9.68.